The maximum Gasteiger partial charge on any atom is 0.239 e. The van der Waals surface area contributed by atoms with Gasteiger partial charge >= 0.3 is 0 Å². The van der Waals surface area contributed by atoms with Crippen molar-refractivity contribution in [1.29, 1.82) is 0 Å². The molecule has 2 rings (SSSR count). The summed E-state index contributed by atoms with van der Waals surface area (Å²) in [5.74, 6) is 0.681. The number of hydrogen-bond acceptors (Lipinski definition) is 2. The molecule has 2 N–H and O–H groups in total. The lowest BCUT2D eigenvalue weighted by molar-refractivity contribution is -0.119. The average Bonchev–Trinajstić information content (AvgIpc) is 3.09. The Bertz CT molecular complexity index is 419. The Morgan fingerprint density at radius 1 is 1.35 bits per heavy atom. The molecule has 1 aromatic rings. The Labute approximate surface area is 110 Å². The largest absolute Gasteiger partial charge is 0.375 e. The summed E-state index contributed by atoms with van der Waals surface area (Å²) in [6.45, 7) is 1.02. The third-order valence-electron chi connectivity index (χ3n) is 2.66. The first-order valence-corrected chi connectivity index (χ1v) is 6.36. The molecule has 3 nitrogen and oxygen atoms in total. The van der Waals surface area contributed by atoms with Crippen LogP contribution < -0.4 is 10.6 Å². The van der Waals surface area contributed by atoms with Gasteiger partial charge in [0.05, 0.1) is 17.3 Å². The van der Waals surface area contributed by atoms with E-state index in [1.165, 1.54) is 12.8 Å². The predicted molar refractivity (Wildman–Crippen MR) is 70.7 cm³/mol. The Hall–Kier alpha value is -0.930. The maximum absolute atomic E-state index is 11.5. The summed E-state index contributed by atoms with van der Waals surface area (Å²) >= 11 is 11.8. The van der Waals surface area contributed by atoms with E-state index in [4.69, 9.17) is 23.2 Å². The number of halogens is 2. The lowest BCUT2D eigenvalue weighted by Gasteiger charge is -2.09. The Balaban J connectivity index is 1.77. The van der Waals surface area contributed by atoms with Crippen molar-refractivity contribution in [2.24, 2.45) is 5.92 Å². The molecule has 0 aliphatic heterocycles. The van der Waals surface area contributed by atoms with Crippen LogP contribution in [-0.4, -0.2) is 19.0 Å². The molecule has 0 radical (unpaired) electrons. The topological polar surface area (TPSA) is 41.1 Å². The van der Waals surface area contributed by atoms with Crippen molar-refractivity contribution in [2.75, 3.05) is 18.4 Å². The van der Waals surface area contributed by atoms with Crippen molar-refractivity contribution in [1.82, 2.24) is 5.32 Å². The monoisotopic (exact) mass is 272 g/mol. The lowest BCUT2D eigenvalue weighted by atomic mass is 10.3. The third-order valence-corrected chi connectivity index (χ3v) is 3.20. The van der Waals surface area contributed by atoms with Crippen molar-refractivity contribution in [2.45, 2.75) is 12.8 Å². The van der Waals surface area contributed by atoms with Crippen LogP contribution in [0.3, 0.4) is 0 Å². The van der Waals surface area contributed by atoms with Crippen LogP contribution in [-0.2, 0) is 4.79 Å². The summed E-state index contributed by atoms with van der Waals surface area (Å²) in [6, 6.07) is 5.14. The number of nitrogens with one attached hydrogen (secondary N) is 2. The first kappa shape index (κ1) is 12.5. The van der Waals surface area contributed by atoms with Crippen LogP contribution in [0, 0.1) is 5.92 Å². The van der Waals surface area contributed by atoms with Crippen LogP contribution in [0.15, 0.2) is 18.2 Å². The van der Waals surface area contributed by atoms with Gasteiger partial charge in [-0.3, -0.25) is 4.79 Å². The molecule has 92 valence electrons. The molecule has 1 aliphatic rings. The Morgan fingerprint density at radius 2 is 2.12 bits per heavy atom. The van der Waals surface area contributed by atoms with E-state index in [0.717, 1.165) is 12.2 Å². The highest BCUT2D eigenvalue weighted by Crippen LogP contribution is 2.27. The quantitative estimate of drug-likeness (QED) is 0.866. The molecular formula is C12H14Cl2N2O. The van der Waals surface area contributed by atoms with Gasteiger partial charge in [0.25, 0.3) is 0 Å². The average molecular weight is 273 g/mol. The van der Waals surface area contributed by atoms with Crippen LogP contribution in [0.4, 0.5) is 5.69 Å². The van der Waals surface area contributed by atoms with E-state index in [1.807, 2.05) is 0 Å². The highest BCUT2D eigenvalue weighted by Gasteiger charge is 2.21. The number of hydrogen-bond donors (Lipinski definition) is 2. The molecule has 1 aliphatic carbocycles. The van der Waals surface area contributed by atoms with Crippen molar-refractivity contribution in [3.63, 3.8) is 0 Å². The van der Waals surface area contributed by atoms with Crippen LogP contribution in [0.25, 0.3) is 0 Å². The predicted octanol–water partition coefficient (Wildman–Crippen LogP) is 2.93. The molecule has 5 heteroatoms. The van der Waals surface area contributed by atoms with Crippen molar-refractivity contribution >= 4 is 34.8 Å². The summed E-state index contributed by atoms with van der Waals surface area (Å²) in [6.07, 6.45) is 2.47. The van der Waals surface area contributed by atoms with E-state index >= 15 is 0 Å². The highest BCUT2D eigenvalue weighted by molar-refractivity contribution is 6.36. The number of amides is 1. The van der Waals surface area contributed by atoms with Crippen LogP contribution in [0.1, 0.15) is 12.8 Å². The SMILES string of the molecule is O=C(CNc1ccc(Cl)cc1Cl)NCC1CC1. The number of carbonyl (C=O) groups excluding carboxylic acids is 1. The van der Waals surface area contributed by atoms with E-state index in [0.29, 0.717) is 16.0 Å². The first-order valence-electron chi connectivity index (χ1n) is 5.61. The van der Waals surface area contributed by atoms with Gasteiger partial charge in [-0.25, -0.2) is 0 Å². The van der Waals surface area contributed by atoms with Gasteiger partial charge in [0.1, 0.15) is 0 Å². The normalized spacial score (nSPS) is 14.5. The summed E-state index contributed by atoms with van der Waals surface area (Å²) in [7, 11) is 0. The zero-order valence-electron chi connectivity index (χ0n) is 9.30. The highest BCUT2D eigenvalue weighted by atomic mass is 35.5. The van der Waals surface area contributed by atoms with Crippen molar-refractivity contribution < 1.29 is 4.79 Å². The minimum absolute atomic E-state index is 0.0112. The zero-order chi connectivity index (χ0) is 12.3. The maximum atomic E-state index is 11.5. The minimum Gasteiger partial charge on any atom is -0.375 e. The second-order valence-electron chi connectivity index (χ2n) is 4.23. The second kappa shape index (κ2) is 5.61. The van der Waals surface area contributed by atoms with Gasteiger partial charge in [-0.05, 0) is 37.0 Å². The van der Waals surface area contributed by atoms with Crippen LogP contribution >= 0.6 is 23.2 Å². The first-order chi connectivity index (χ1) is 8.15. The molecule has 0 atom stereocenters. The molecule has 0 spiro atoms. The molecule has 0 heterocycles. The standard InChI is InChI=1S/C12H14Cl2N2O/c13-9-3-4-11(10(14)5-9)15-7-12(17)16-6-8-1-2-8/h3-5,8,15H,1-2,6-7H2,(H,16,17). The van der Waals surface area contributed by atoms with Gasteiger partial charge in [0.2, 0.25) is 5.91 Å². The van der Waals surface area contributed by atoms with Crippen LogP contribution in [0.5, 0.6) is 0 Å². The van der Waals surface area contributed by atoms with Crippen molar-refractivity contribution in [3.05, 3.63) is 28.2 Å². The number of benzene rings is 1. The lowest BCUT2D eigenvalue weighted by Crippen LogP contribution is -2.31. The van der Waals surface area contributed by atoms with Crippen LogP contribution in [0.2, 0.25) is 10.0 Å². The smallest absolute Gasteiger partial charge is 0.239 e. The molecule has 0 bridgehead atoms. The second-order valence-corrected chi connectivity index (χ2v) is 5.07. The summed E-state index contributed by atoms with van der Waals surface area (Å²) in [4.78, 5) is 11.5. The summed E-state index contributed by atoms with van der Waals surface area (Å²) < 4.78 is 0. The fourth-order valence-corrected chi connectivity index (χ4v) is 1.93. The number of rotatable bonds is 5. The van der Waals surface area contributed by atoms with Gasteiger partial charge in [0, 0.05) is 11.6 Å². The molecule has 1 amide bonds. The van der Waals surface area contributed by atoms with Crippen molar-refractivity contribution in [3.8, 4) is 0 Å². The number of carbonyl (C=O) groups is 1. The Morgan fingerprint density at radius 3 is 2.76 bits per heavy atom. The summed E-state index contributed by atoms with van der Waals surface area (Å²) in [5.41, 5.74) is 0.720. The Kier molecular flexibility index (Phi) is 4.13. The van der Waals surface area contributed by atoms with Gasteiger partial charge in [0.15, 0.2) is 0 Å². The van der Waals surface area contributed by atoms with E-state index < -0.39 is 0 Å². The van der Waals surface area contributed by atoms with E-state index in [9.17, 15) is 4.79 Å². The molecule has 1 saturated carbocycles. The van der Waals surface area contributed by atoms with E-state index in [1.54, 1.807) is 18.2 Å². The molecule has 1 fully saturated rings. The van der Waals surface area contributed by atoms with Gasteiger partial charge in [-0.15, -0.1) is 0 Å². The van der Waals surface area contributed by atoms with Gasteiger partial charge in [-0.2, -0.15) is 0 Å². The van der Waals surface area contributed by atoms with Gasteiger partial charge in [-0.1, -0.05) is 23.2 Å². The fourth-order valence-electron chi connectivity index (χ4n) is 1.45. The molecule has 1 aromatic carbocycles. The fraction of sp³-hybridized carbons (Fsp3) is 0.417. The zero-order valence-corrected chi connectivity index (χ0v) is 10.8. The molecule has 0 saturated heterocycles. The number of anilines is 1. The van der Waals surface area contributed by atoms with E-state index in [2.05, 4.69) is 10.6 Å². The third kappa shape index (κ3) is 4.10. The van der Waals surface area contributed by atoms with E-state index in [-0.39, 0.29) is 12.5 Å². The molecule has 0 unspecified atom stereocenters. The minimum atomic E-state index is -0.0112. The summed E-state index contributed by atoms with van der Waals surface area (Å²) in [5, 5.41) is 6.96. The van der Waals surface area contributed by atoms with Gasteiger partial charge < -0.3 is 10.6 Å². The molecule has 17 heavy (non-hydrogen) atoms. The molecular weight excluding hydrogens is 259 g/mol. The molecule has 0 aromatic heterocycles.